The van der Waals surface area contributed by atoms with Gasteiger partial charge in [-0.05, 0) is 37.1 Å². The van der Waals surface area contributed by atoms with Gasteiger partial charge >= 0.3 is 6.18 Å². The van der Waals surface area contributed by atoms with E-state index < -0.39 is 17.7 Å². The number of halogens is 3. The van der Waals surface area contributed by atoms with Crippen molar-refractivity contribution in [3.8, 4) is 5.82 Å². The third-order valence-electron chi connectivity index (χ3n) is 4.85. The number of nitrogens with zero attached hydrogens (tertiary/aromatic N) is 6. The van der Waals surface area contributed by atoms with Gasteiger partial charge in [-0.2, -0.15) is 18.3 Å². The van der Waals surface area contributed by atoms with Crippen LogP contribution in [0.15, 0.2) is 49.3 Å². The molecule has 3 aromatic heterocycles. The number of pyridine rings is 2. The number of carbonyl (C=O) groups excluding carboxylic acids is 1. The quantitative estimate of drug-likeness (QED) is 0.702. The van der Waals surface area contributed by atoms with Crippen molar-refractivity contribution in [2.24, 2.45) is 5.92 Å². The fourth-order valence-corrected chi connectivity index (χ4v) is 3.42. The number of carbonyl (C=O) groups is 1. The van der Waals surface area contributed by atoms with Gasteiger partial charge in [0.15, 0.2) is 5.82 Å². The average molecular weight is 417 g/mol. The molecule has 156 valence electrons. The van der Waals surface area contributed by atoms with Crippen molar-refractivity contribution >= 4 is 17.4 Å². The van der Waals surface area contributed by atoms with Crippen molar-refractivity contribution in [2.45, 2.75) is 19.0 Å². The average Bonchev–Trinajstić information content (AvgIpc) is 3.29. The summed E-state index contributed by atoms with van der Waals surface area (Å²) < 4.78 is 41.4. The number of hydrogen-bond donors (Lipinski definition) is 1. The molecular formula is C19H18F3N7O. The number of rotatable bonds is 4. The van der Waals surface area contributed by atoms with Gasteiger partial charge in [-0.1, -0.05) is 0 Å². The van der Waals surface area contributed by atoms with Crippen molar-refractivity contribution in [3.63, 3.8) is 0 Å². The van der Waals surface area contributed by atoms with E-state index in [-0.39, 0.29) is 18.3 Å². The Labute approximate surface area is 169 Å². The summed E-state index contributed by atoms with van der Waals surface area (Å²) in [5, 5.41) is 6.76. The van der Waals surface area contributed by atoms with Gasteiger partial charge in [0, 0.05) is 19.3 Å². The molecule has 1 aliphatic rings. The van der Waals surface area contributed by atoms with Gasteiger partial charge in [0.25, 0.3) is 0 Å². The maximum atomic E-state index is 13.3. The van der Waals surface area contributed by atoms with E-state index in [1.807, 2.05) is 0 Å². The topological polar surface area (TPSA) is 88.8 Å². The van der Waals surface area contributed by atoms with Crippen molar-refractivity contribution in [3.05, 3.63) is 54.9 Å². The number of amides is 1. The number of nitrogens with one attached hydrogen (secondary N) is 1. The molecule has 1 aliphatic heterocycles. The lowest BCUT2D eigenvalue weighted by molar-refractivity contribution is -0.137. The van der Waals surface area contributed by atoms with E-state index in [9.17, 15) is 18.0 Å². The maximum Gasteiger partial charge on any atom is 0.419 e. The van der Waals surface area contributed by atoms with E-state index >= 15 is 0 Å². The van der Waals surface area contributed by atoms with E-state index in [1.165, 1.54) is 40.7 Å². The van der Waals surface area contributed by atoms with Crippen LogP contribution in [0.25, 0.3) is 5.82 Å². The second-order valence-electron chi connectivity index (χ2n) is 6.89. The van der Waals surface area contributed by atoms with Crippen LogP contribution in [0, 0.1) is 5.92 Å². The molecule has 1 amide bonds. The van der Waals surface area contributed by atoms with Gasteiger partial charge < -0.3 is 10.2 Å². The molecule has 0 radical (unpaired) electrons. The first-order chi connectivity index (χ1) is 14.4. The molecule has 30 heavy (non-hydrogen) atoms. The minimum absolute atomic E-state index is 0.138. The molecule has 0 aliphatic carbocycles. The van der Waals surface area contributed by atoms with Crippen LogP contribution < -0.4 is 10.2 Å². The van der Waals surface area contributed by atoms with Crippen LogP contribution in [0.2, 0.25) is 0 Å². The lowest BCUT2D eigenvalue weighted by atomic mass is 9.96. The Bertz CT molecular complexity index is 1010. The molecule has 1 saturated heterocycles. The second-order valence-corrected chi connectivity index (χ2v) is 6.89. The van der Waals surface area contributed by atoms with Crippen LogP contribution in [0.5, 0.6) is 0 Å². The van der Waals surface area contributed by atoms with Crippen LogP contribution >= 0.6 is 0 Å². The summed E-state index contributed by atoms with van der Waals surface area (Å²) in [7, 11) is 0. The molecular weight excluding hydrogens is 399 g/mol. The van der Waals surface area contributed by atoms with Crippen LogP contribution in [-0.2, 0) is 11.0 Å². The molecule has 8 nitrogen and oxygen atoms in total. The number of aromatic nitrogens is 5. The molecule has 0 bridgehead atoms. The summed E-state index contributed by atoms with van der Waals surface area (Å²) >= 11 is 0. The Morgan fingerprint density at radius 3 is 2.77 bits per heavy atom. The summed E-state index contributed by atoms with van der Waals surface area (Å²) in [4.78, 5) is 26.2. The zero-order chi connectivity index (χ0) is 21.1. The first kappa shape index (κ1) is 19.8. The molecule has 0 aromatic carbocycles. The summed E-state index contributed by atoms with van der Waals surface area (Å²) in [6.45, 7) is 0.578. The number of anilines is 2. The maximum absolute atomic E-state index is 13.3. The summed E-state index contributed by atoms with van der Waals surface area (Å²) in [6.07, 6.45) is 2.39. The van der Waals surface area contributed by atoms with Crippen molar-refractivity contribution < 1.29 is 18.0 Å². The minimum Gasteiger partial charge on any atom is -0.355 e. The third-order valence-corrected chi connectivity index (χ3v) is 4.85. The first-order valence-electron chi connectivity index (χ1n) is 9.31. The van der Waals surface area contributed by atoms with Crippen LogP contribution in [0.1, 0.15) is 18.4 Å². The highest BCUT2D eigenvalue weighted by molar-refractivity contribution is 5.93. The van der Waals surface area contributed by atoms with Gasteiger partial charge in [-0.3, -0.25) is 4.79 Å². The molecule has 0 unspecified atom stereocenters. The van der Waals surface area contributed by atoms with Crippen LogP contribution in [0.4, 0.5) is 24.7 Å². The molecule has 4 rings (SSSR count). The predicted molar refractivity (Wildman–Crippen MR) is 102 cm³/mol. The minimum atomic E-state index is -4.50. The van der Waals surface area contributed by atoms with E-state index in [0.29, 0.717) is 30.9 Å². The SMILES string of the molecule is O=C(Nc1ccc(-n2cncn2)nc1)[C@H]1CCCN(c2ncccc2C(F)(F)F)C1. The predicted octanol–water partition coefficient (Wildman–Crippen LogP) is 2.93. The fourth-order valence-electron chi connectivity index (χ4n) is 3.42. The monoisotopic (exact) mass is 417 g/mol. The summed E-state index contributed by atoms with van der Waals surface area (Å²) in [5.41, 5.74) is -0.297. The third kappa shape index (κ3) is 4.24. The van der Waals surface area contributed by atoms with Crippen molar-refractivity contribution in [1.29, 1.82) is 0 Å². The van der Waals surface area contributed by atoms with Gasteiger partial charge in [0.05, 0.1) is 23.4 Å². The second kappa shape index (κ2) is 8.09. The van der Waals surface area contributed by atoms with Gasteiger partial charge in [0.2, 0.25) is 5.91 Å². The Morgan fingerprint density at radius 1 is 1.20 bits per heavy atom. The highest BCUT2D eigenvalue weighted by atomic mass is 19.4. The molecule has 3 aromatic rings. The Hall–Kier alpha value is -3.50. The zero-order valence-corrected chi connectivity index (χ0v) is 15.8. The lowest BCUT2D eigenvalue weighted by Crippen LogP contribution is -2.42. The fraction of sp³-hybridized carbons (Fsp3) is 0.316. The summed E-state index contributed by atoms with van der Waals surface area (Å²) in [6, 6.07) is 5.63. The van der Waals surface area contributed by atoms with E-state index in [4.69, 9.17) is 0 Å². The largest absolute Gasteiger partial charge is 0.419 e. The molecule has 1 atom stereocenters. The Balaban J connectivity index is 1.44. The molecule has 11 heteroatoms. The van der Waals surface area contributed by atoms with E-state index in [2.05, 4.69) is 25.4 Å². The van der Waals surface area contributed by atoms with Gasteiger partial charge in [-0.15, -0.1) is 0 Å². The highest BCUT2D eigenvalue weighted by Crippen LogP contribution is 2.36. The lowest BCUT2D eigenvalue weighted by Gasteiger charge is -2.34. The first-order valence-corrected chi connectivity index (χ1v) is 9.31. The molecule has 0 saturated carbocycles. The molecule has 4 heterocycles. The molecule has 1 fully saturated rings. The number of alkyl halides is 3. The van der Waals surface area contributed by atoms with Crippen LogP contribution in [0.3, 0.4) is 0 Å². The molecule has 1 N–H and O–H groups in total. The van der Waals surface area contributed by atoms with Crippen LogP contribution in [-0.4, -0.2) is 43.7 Å². The smallest absolute Gasteiger partial charge is 0.355 e. The van der Waals surface area contributed by atoms with E-state index in [1.54, 1.807) is 12.1 Å². The Kier molecular flexibility index (Phi) is 5.34. The normalized spacial score (nSPS) is 17.0. The van der Waals surface area contributed by atoms with E-state index in [0.717, 1.165) is 6.07 Å². The Morgan fingerprint density at radius 2 is 2.07 bits per heavy atom. The zero-order valence-electron chi connectivity index (χ0n) is 15.8. The molecule has 0 spiro atoms. The standard InChI is InChI=1S/C19H18F3N7O/c20-19(21,22)15-4-1-7-24-17(15)28-8-2-3-13(10-28)18(30)27-14-5-6-16(25-9-14)29-12-23-11-26-29/h1,4-7,9,11-13H,2-3,8,10H2,(H,27,30)/t13-/m0/s1. The highest BCUT2D eigenvalue weighted by Gasteiger charge is 2.37. The summed E-state index contributed by atoms with van der Waals surface area (Å²) in [5.74, 6) is -0.318. The van der Waals surface area contributed by atoms with Gasteiger partial charge in [0.1, 0.15) is 18.5 Å². The van der Waals surface area contributed by atoms with Crippen molar-refractivity contribution in [2.75, 3.05) is 23.3 Å². The van der Waals surface area contributed by atoms with Gasteiger partial charge in [-0.25, -0.2) is 19.6 Å². The number of piperidine rings is 1. The van der Waals surface area contributed by atoms with Crippen molar-refractivity contribution in [1.82, 2.24) is 24.7 Å². The number of hydrogen-bond acceptors (Lipinski definition) is 6.